The molecule has 0 bridgehead atoms. The number of benzene rings is 3. The average Bonchev–Trinajstić information content (AvgIpc) is 3.41. The summed E-state index contributed by atoms with van der Waals surface area (Å²) >= 11 is 6.04. The monoisotopic (exact) mass is 431 g/mol. The van der Waals surface area contributed by atoms with Gasteiger partial charge < -0.3 is 9.99 Å². The predicted octanol–water partition coefficient (Wildman–Crippen LogP) is 5.08. The van der Waals surface area contributed by atoms with Gasteiger partial charge in [0, 0.05) is 30.1 Å². The molecule has 7 nitrogen and oxygen atoms in total. The van der Waals surface area contributed by atoms with Gasteiger partial charge in [0.2, 0.25) is 0 Å². The van der Waals surface area contributed by atoms with Gasteiger partial charge in [-0.05, 0) is 35.4 Å². The first-order valence-corrected chi connectivity index (χ1v) is 10.2. The van der Waals surface area contributed by atoms with Crippen molar-refractivity contribution in [2.45, 2.75) is 19.0 Å². The van der Waals surface area contributed by atoms with Crippen LogP contribution in [0.2, 0.25) is 5.02 Å². The summed E-state index contributed by atoms with van der Waals surface area (Å²) in [6.07, 6.45) is 0.641. The second-order valence-corrected chi connectivity index (χ2v) is 7.87. The van der Waals surface area contributed by atoms with Crippen LogP contribution < -0.4 is 5.43 Å². The molecule has 1 aliphatic heterocycles. The van der Waals surface area contributed by atoms with Crippen molar-refractivity contribution in [1.29, 1.82) is 0 Å². The Labute approximate surface area is 183 Å². The van der Waals surface area contributed by atoms with Crippen molar-refractivity contribution in [2.75, 3.05) is 0 Å². The van der Waals surface area contributed by atoms with Gasteiger partial charge in [-0.25, -0.2) is 4.98 Å². The van der Waals surface area contributed by atoms with Gasteiger partial charge in [-0.2, -0.15) is 5.10 Å². The first-order valence-electron chi connectivity index (χ1n) is 9.85. The molecule has 31 heavy (non-hydrogen) atoms. The molecule has 1 atom stereocenters. The Morgan fingerprint density at radius 3 is 2.55 bits per heavy atom. The number of hydrazone groups is 1. The lowest BCUT2D eigenvalue weighted by Crippen LogP contribution is -2.12. The van der Waals surface area contributed by atoms with Crippen LogP contribution in [0.25, 0.3) is 11.0 Å². The lowest BCUT2D eigenvalue weighted by atomic mass is 10.0. The minimum Gasteiger partial charge on any atom is -0.318 e. The van der Waals surface area contributed by atoms with Gasteiger partial charge in [0.05, 0.1) is 22.0 Å². The van der Waals surface area contributed by atoms with E-state index in [4.69, 9.17) is 16.6 Å². The summed E-state index contributed by atoms with van der Waals surface area (Å²) in [6.45, 7) is 0.647. The Morgan fingerprint density at radius 2 is 1.81 bits per heavy atom. The predicted molar refractivity (Wildman–Crippen MR) is 120 cm³/mol. The summed E-state index contributed by atoms with van der Waals surface area (Å²) in [7, 11) is 0. The van der Waals surface area contributed by atoms with Crippen LogP contribution in [-0.4, -0.2) is 20.2 Å². The summed E-state index contributed by atoms with van der Waals surface area (Å²) < 4.78 is 2.16. The maximum absolute atomic E-state index is 10.9. The molecule has 0 amide bonds. The van der Waals surface area contributed by atoms with Crippen molar-refractivity contribution < 1.29 is 4.92 Å². The molecule has 0 spiro atoms. The zero-order valence-electron chi connectivity index (χ0n) is 16.4. The third-order valence-electron chi connectivity index (χ3n) is 5.43. The Balaban J connectivity index is 1.46. The molecule has 5 rings (SSSR count). The van der Waals surface area contributed by atoms with Crippen molar-refractivity contribution in [3.63, 3.8) is 0 Å². The van der Waals surface area contributed by atoms with Crippen LogP contribution in [0, 0.1) is 10.1 Å². The molecule has 0 saturated carbocycles. The number of fused-ring (bicyclic) bond motifs is 1. The lowest BCUT2D eigenvalue weighted by Gasteiger charge is -2.11. The van der Waals surface area contributed by atoms with Gasteiger partial charge in [0.15, 0.2) is 5.82 Å². The molecule has 154 valence electrons. The van der Waals surface area contributed by atoms with Crippen LogP contribution in [0.5, 0.6) is 0 Å². The number of imidazole rings is 1. The van der Waals surface area contributed by atoms with E-state index in [1.807, 2.05) is 42.5 Å². The van der Waals surface area contributed by atoms with E-state index in [0.717, 1.165) is 33.7 Å². The fourth-order valence-corrected chi connectivity index (χ4v) is 3.96. The molecule has 0 radical (unpaired) electrons. The molecule has 1 N–H and O–H groups in total. The average molecular weight is 432 g/mol. The summed E-state index contributed by atoms with van der Waals surface area (Å²) in [5.41, 5.74) is 8.10. The van der Waals surface area contributed by atoms with Gasteiger partial charge in [0.25, 0.3) is 5.69 Å². The molecular formula is C23H18ClN5O2. The first-order chi connectivity index (χ1) is 15.1. The smallest absolute Gasteiger partial charge is 0.269 e. The van der Waals surface area contributed by atoms with E-state index in [9.17, 15) is 10.1 Å². The third-order valence-corrected chi connectivity index (χ3v) is 5.68. The number of hydrogen-bond donors (Lipinski definition) is 1. The van der Waals surface area contributed by atoms with E-state index >= 15 is 0 Å². The molecular weight excluding hydrogens is 414 g/mol. The van der Waals surface area contributed by atoms with Crippen LogP contribution >= 0.6 is 11.6 Å². The van der Waals surface area contributed by atoms with E-state index in [2.05, 4.69) is 21.2 Å². The highest BCUT2D eigenvalue weighted by molar-refractivity contribution is 6.30. The molecule has 1 aliphatic rings. The SMILES string of the molecule is O=[N+]([O-])c1ccc([C@@H]2CC(c3nc4ccccc4n3Cc3ccc(Cl)cc3)=NN2)cc1. The van der Waals surface area contributed by atoms with Crippen molar-refractivity contribution in [3.05, 3.63) is 105 Å². The number of nitrogens with one attached hydrogen (secondary N) is 1. The largest absolute Gasteiger partial charge is 0.318 e. The minimum atomic E-state index is -0.396. The summed E-state index contributed by atoms with van der Waals surface area (Å²) in [5.74, 6) is 0.813. The summed E-state index contributed by atoms with van der Waals surface area (Å²) in [5, 5.41) is 16.2. The highest BCUT2D eigenvalue weighted by Gasteiger charge is 2.26. The quantitative estimate of drug-likeness (QED) is 0.352. The highest BCUT2D eigenvalue weighted by atomic mass is 35.5. The molecule has 8 heteroatoms. The van der Waals surface area contributed by atoms with E-state index in [0.29, 0.717) is 18.0 Å². The van der Waals surface area contributed by atoms with Gasteiger partial charge in [0.1, 0.15) is 5.71 Å². The maximum Gasteiger partial charge on any atom is 0.269 e. The van der Waals surface area contributed by atoms with Crippen LogP contribution in [0.4, 0.5) is 5.69 Å². The maximum atomic E-state index is 10.9. The third kappa shape index (κ3) is 3.75. The topological polar surface area (TPSA) is 85.3 Å². The molecule has 0 unspecified atom stereocenters. The van der Waals surface area contributed by atoms with Gasteiger partial charge in [-0.3, -0.25) is 10.1 Å². The number of aromatic nitrogens is 2. The number of nitro groups is 1. The standard InChI is InChI=1S/C23H18ClN5O2/c24-17-9-5-15(6-10-17)14-28-22-4-2-1-3-19(22)25-23(28)21-13-20(26-27-21)16-7-11-18(12-8-16)29(30)31/h1-12,20,26H,13-14H2/t20-/m0/s1. The Morgan fingerprint density at radius 1 is 1.06 bits per heavy atom. The van der Waals surface area contributed by atoms with Crippen LogP contribution in [-0.2, 0) is 6.54 Å². The van der Waals surface area contributed by atoms with E-state index in [1.54, 1.807) is 12.1 Å². The van der Waals surface area contributed by atoms with Gasteiger partial charge >= 0.3 is 0 Å². The zero-order valence-corrected chi connectivity index (χ0v) is 17.2. The number of rotatable bonds is 5. The van der Waals surface area contributed by atoms with Crippen LogP contribution in [0.1, 0.15) is 29.4 Å². The van der Waals surface area contributed by atoms with E-state index < -0.39 is 4.92 Å². The summed E-state index contributed by atoms with van der Waals surface area (Å²) in [4.78, 5) is 15.4. The van der Waals surface area contributed by atoms with Crippen molar-refractivity contribution in [2.24, 2.45) is 5.10 Å². The number of halogens is 1. The fourth-order valence-electron chi connectivity index (χ4n) is 3.83. The number of nitro benzene ring substituents is 1. The van der Waals surface area contributed by atoms with E-state index in [1.165, 1.54) is 12.1 Å². The Kier molecular flexibility index (Phi) is 4.88. The molecule has 0 aliphatic carbocycles. The lowest BCUT2D eigenvalue weighted by molar-refractivity contribution is -0.384. The van der Waals surface area contributed by atoms with E-state index in [-0.39, 0.29) is 11.7 Å². The molecule has 0 fully saturated rings. The second-order valence-electron chi connectivity index (χ2n) is 7.43. The number of nitrogens with zero attached hydrogens (tertiary/aromatic N) is 4. The molecule has 4 aromatic rings. The second kappa shape index (κ2) is 7.85. The Hall–Kier alpha value is -3.71. The fraction of sp³-hybridized carbons (Fsp3) is 0.130. The molecule has 0 saturated heterocycles. The minimum absolute atomic E-state index is 0.0559. The highest BCUT2D eigenvalue weighted by Crippen LogP contribution is 2.28. The normalized spacial score (nSPS) is 15.6. The number of para-hydroxylation sites is 2. The number of hydrogen-bond acceptors (Lipinski definition) is 5. The Bertz CT molecular complexity index is 1300. The molecule has 3 aromatic carbocycles. The van der Waals surface area contributed by atoms with Crippen molar-refractivity contribution in [1.82, 2.24) is 15.0 Å². The molecule has 2 heterocycles. The van der Waals surface area contributed by atoms with Gasteiger partial charge in [-0.1, -0.05) is 48.0 Å². The molecule has 1 aromatic heterocycles. The first kappa shape index (κ1) is 19.3. The van der Waals surface area contributed by atoms with Crippen LogP contribution in [0.3, 0.4) is 0 Å². The summed E-state index contributed by atoms with van der Waals surface area (Å²) in [6, 6.07) is 22.3. The van der Waals surface area contributed by atoms with Crippen molar-refractivity contribution >= 4 is 34.0 Å². The van der Waals surface area contributed by atoms with Crippen LogP contribution in [0.15, 0.2) is 77.9 Å². The van der Waals surface area contributed by atoms with Gasteiger partial charge in [-0.15, -0.1) is 0 Å². The van der Waals surface area contributed by atoms with Crippen molar-refractivity contribution in [3.8, 4) is 0 Å². The number of non-ortho nitro benzene ring substituents is 1. The zero-order chi connectivity index (χ0) is 21.4.